The molecule has 0 amide bonds. The lowest BCUT2D eigenvalue weighted by Crippen LogP contribution is -2.59. The third-order valence-corrected chi connectivity index (χ3v) is 7.81. The molecule has 0 spiro atoms. The predicted molar refractivity (Wildman–Crippen MR) is 158 cm³/mol. The predicted octanol–water partition coefficient (Wildman–Crippen LogP) is 4.66. The van der Waals surface area contributed by atoms with Crippen LogP contribution in [0.15, 0.2) is 54.0 Å². The van der Waals surface area contributed by atoms with Crippen LogP contribution in [0, 0.1) is 18.6 Å². The zero-order chi connectivity index (χ0) is 30.5. The zero-order valence-corrected chi connectivity index (χ0v) is 24.2. The van der Waals surface area contributed by atoms with E-state index in [1.807, 2.05) is 44.4 Å². The molecule has 11 heteroatoms. The third-order valence-electron chi connectivity index (χ3n) is 7.81. The number of benzene rings is 1. The zero-order valence-electron chi connectivity index (χ0n) is 24.2. The summed E-state index contributed by atoms with van der Waals surface area (Å²) in [7, 11) is 0. The van der Waals surface area contributed by atoms with Crippen LogP contribution in [0.3, 0.4) is 0 Å². The average molecular weight is 577 g/mol. The normalized spacial score (nSPS) is 18.5. The minimum atomic E-state index is -0.885. The van der Waals surface area contributed by atoms with Crippen LogP contribution in [-0.2, 0) is 0 Å². The summed E-state index contributed by atoms with van der Waals surface area (Å²) >= 11 is 0. The minimum Gasteiger partial charge on any atom is -0.507 e. The van der Waals surface area contributed by atoms with E-state index in [-0.39, 0.29) is 34.9 Å². The Kier molecular flexibility index (Phi) is 7.82. The summed E-state index contributed by atoms with van der Waals surface area (Å²) in [6, 6.07) is 6.22. The van der Waals surface area contributed by atoms with Crippen molar-refractivity contribution < 1.29 is 19.0 Å². The largest absolute Gasteiger partial charge is 0.507 e. The van der Waals surface area contributed by atoms with Gasteiger partial charge in [0.05, 0.1) is 22.3 Å². The van der Waals surface area contributed by atoms with Gasteiger partial charge in [-0.2, -0.15) is 4.98 Å². The number of aryl methyl sites for hydroxylation is 1. The Bertz CT molecular complexity index is 1720. The number of aliphatic hydroxyl groups excluding tert-OH is 1. The molecule has 220 valence electrons. The van der Waals surface area contributed by atoms with E-state index in [4.69, 9.17) is 0 Å². The first kappa shape index (κ1) is 29.3. The second kappa shape index (κ2) is 11.2. The van der Waals surface area contributed by atoms with Crippen LogP contribution < -0.4 is 10.6 Å². The Balaban J connectivity index is 1.84. The maximum absolute atomic E-state index is 15.9. The number of anilines is 1. The molecular weight excluding hydrogens is 542 g/mol. The number of fused-ring (bicyclic) bond motifs is 1. The van der Waals surface area contributed by atoms with E-state index in [9.17, 15) is 19.4 Å². The van der Waals surface area contributed by atoms with Gasteiger partial charge in [0, 0.05) is 31.4 Å². The number of pyridine rings is 2. The van der Waals surface area contributed by atoms with Crippen LogP contribution in [0.4, 0.5) is 14.6 Å². The summed E-state index contributed by atoms with van der Waals surface area (Å²) in [4.78, 5) is 31.3. The molecule has 1 aliphatic heterocycles. The smallest absolute Gasteiger partial charge is 0.355 e. The molecule has 9 nitrogen and oxygen atoms in total. The number of aromatic nitrogens is 4. The molecule has 1 aromatic carbocycles. The fourth-order valence-electron chi connectivity index (χ4n) is 5.69. The molecule has 4 aromatic rings. The maximum Gasteiger partial charge on any atom is 0.355 e. The molecule has 1 aliphatic rings. The van der Waals surface area contributed by atoms with E-state index in [2.05, 4.69) is 21.5 Å². The van der Waals surface area contributed by atoms with Gasteiger partial charge in [-0.05, 0) is 62.6 Å². The number of hydrogen-bond acceptors (Lipinski definition) is 8. The maximum atomic E-state index is 15.9. The molecule has 1 fully saturated rings. The molecule has 2 N–H and O–H groups in total. The van der Waals surface area contributed by atoms with Crippen LogP contribution in [0.2, 0.25) is 0 Å². The highest BCUT2D eigenvalue weighted by atomic mass is 19.1. The van der Waals surface area contributed by atoms with Crippen LogP contribution in [0.1, 0.15) is 44.9 Å². The second-order valence-electron chi connectivity index (χ2n) is 11.1. The number of halogens is 2. The lowest BCUT2D eigenvalue weighted by atomic mass is 10.0. The molecule has 3 aromatic heterocycles. The molecule has 0 saturated carbocycles. The Morgan fingerprint density at radius 1 is 1.10 bits per heavy atom. The van der Waals surface area contributed by atoms with Gasteiger partial charge in [-0.15, -0.1) is 0 Å². The third kappa shape index (κ3) is 4.92. The lowest BCUT2D eigenvalue weighted by molar-refractivity contribution is 0.0000489. The average Bonchev–Trinajstić information content (AvgIpc) is 2.94. The van der Waals surface area contributed by atoms with Gasteiger partial charge in [0.15, 0.2) is 11.5 Å². The van der Waals surface area contributed by atoms with E-state index >= 15 is 4.39 Å². The number of piperazine rings is 1. The lowest BCUT2D eigenvalue weighted by Gasteiger charge is -2.46. The number of aliphatic hydroxyl groups is 1. The van der Waals surface area contributed by atoms with Gasteiger partial charge in [-0.3, -0.25) is 9.88 Å². The number of rotatable bonds is 6. The van der Waals surface area contributed by atoms with Gasteiger partial charge in [-0.25, -0.2) is 23.1 Å². The van der Waals surface area contributed by atoms with Crippen molar-refractivity contribution in [3.63, 3.8) is 0 Å². The van der Waals surface area contributed by atoms with Gasteiger partial charge >= 0.3 is 5.69 Å². The Hall–Kier alpha value is -4.22. The highest BCUT2D eigenvalue weighted by molar-refractivity contribution is 5.91. The summed E-state index contributed by atoms with van der Waals surface area (Å²) in [6.07, 6.45) is 2.26. The Labute approximate surface area is 242 Å². The molecule has 0 aliphatic carbocycles. The highest BCUT2D eigenvalue weighted by Gasteiger charge is 2.34. The number of phenols is 1. The van der Waals surface area contributed by atoms with Crippen molar-refractivity contribution in [2.75, 3.05) is 18.0 Å². The Morgan fingerprint density at radius 3 is 2.50 bits per heavy atom. The van der Waals surface area contributed by atoms with E-state index in [0.717, 1.165) is 11.6 Å². The van der Waals surface area contributed by atoms with Crippen molar-refractivity contribution in [1.29, 1.82) is 0 Å². The van der Waals surface area contributed by atoms with E-state index in [1.165, 1.54) is 28.8 Å². The fraction of sp³-hybridized carbons (Fsp3) is 0.355. The molecular formula is C31H34F2N6O3. The van der Waals surface area contributed by atoms with E-state index in [0.29, 0.717) is 24.5 Å². The molecule has 3 atom stereocenters. The fourth-order valence-corrected chi connectivity index (χ4v) is 5.69. The van der Waals surface area contributed by atoms with Crippen molar-refractivity contribution in [3.8, 4) is 22.7 Å². The van der Waals surface area contributed by atoms with Crippen LogP contribution in [0.5, 0.6) is 5.75 Å². The summed E-state index contributed by atoms with van der Waals surface area (Å²) in [6.45, 7) is 14.0. The monoisotopic (exact) mass is 576 g/mol. The molecule has 1 saturated heterocycles. The van der Waals surface area contributed by atoms with E-state index in [1.54, 1.807) is 12.3 Å². The minimum absolute atomic E-state index is 0.0514. The second-order valence-corrected chi connectivity index (χ2v) is 11.1. The first-order valence-corrected chi connectivity index (χ1v) is 13.8. The number of aromatic hydroxyl groups is 1. The Morgan fingerprint density at radius 2 is 1.83 bits per heavy atom. The van der Waals surface area contributed by atoms with Gasteiger partial charge in [0.2, 0.25) is 0 Å². The van der Waals surface area contributed by atoms with Crippen molar-refractivity contribution >= 4 is 16.9 Å². The van der Waals surface area contributed by atoms with Gasteiger partial charge in [0.25, 0.3) is 0 Å². The molecule has 4 heterocycles. The van der Waals surface area contributed by atoms with Crippen LogP contribution in [-0.4, -0.2) is 66.0 Å². The first-order chi connectivity index (χ1) is 19.9. The highest BCUT2D eigenvalue weighted by Crippen LogP contribution is 2.37. The SMILES string of the molecule is C=CC(O)N1C[C@H](C)N(c2nc(=O)n(-c3c(C)ccnc3C(C)C)c3nc(-c4c(O)cccc4F)c(F)cc23)C[C@H]1C. The number of phenolic OH excluding ortho intramolecular Hbond substituents is 1. The summed E-state index contributed by atoms with van der Waals surface area (Å²) in [5.74, 6) is -2.08. The van der Waals surface area contributed by atoms with Gasteiger partial charge in [0.1, 0.15) is 29.3 Å². The summed E-state index contributed by atoms with van der Waals surface area (Å²) in [5.41, 5.74) is 0.351. The first-order valence-electron chi connectivity index (χ1n) is 13.8. The molecule has 1 unspecified atom stereocenters. The van der Waals surface area contributed by atoms with E-state index < -0.39 is 40.6 Å². The van der Waals surface area contributed by atoms with Crippen molar-refractivity contribution in [1.82, 2.24) is 24.4 Å². The number of hydrogen-bond donors (Lipinski definition) is 2. The summed E-state index contributed by atoms with van der Waals surface area (Å²) in [5, 5.41) is 21.1. The van der Waals surface area contributed by atoms with Crippen molar-refractivity contribution in [2.45, 2.75) is 58.8 Å². The quantitative estimate of drug-likeness (QED) is 0.319. The molecule has 0 bridgehead atoms. The van der Waals surface area contributed by atoms with Crippen molar-refractivity contribution in [2.24, 2.45) is 0 Å². The number of nitrogens with zero attached hydrogens (tertiary/aromatic N) is 6. The molecule has 5 rings (SSSR count). The summed E-state index contributed by atoms with van der Waals surface area (Å²) < 4.78 is 32.1. The standard InChI is InChI=1S/C31H34F2N6O3/c1-7-24(41)37-14-19(6)38(15-18(37)5)29-20-13-22(33)27(25-21(32)9-8-10-23(25)40)35-30(20)39(31(42)36-29)28-17(4)11-12-34-26(28)16(2)3/h7-13,16,18-19,24,40-41H,1,14-15H2,2-6H3/t18-,19+,24?/m1/s1. The van der Waals surface area contributed by atoms with Crippen LogP contribution in [0.25, 0.3) is 28.0 Å². The topological polar surface area (TPSA) is 108 Å². The van der Waals surface area contributed by atoms with Gasteiger partial charge < -0.3 is 15.1 Å². The molecule has 42 heavy (non-hydrogen) atoms. The van der Waals surface area contributed by atoms with Crippen LogP contribution >= 0.6 is 0 Å². The van der Waals surface area contributed by atoms with Gasteiger partial charge in [-0.1, -0.05) is 26.5 Å². The van der Waals surface area contributed by atoms with Crippen molar-refractivity contribution in [3.05, 3.63) is 82.6 Å². The molecule has 0 radical (unpaired) electrons.